The van der Waals surface area contributed by atoms with Gasteiger partial charge in [0.1, 0.15) is 5.75 Å². The number of likely N-dealkylation sites (N-methyl/N-ethyl adjacent to an activating group) is 1. The van der Waals surface area contributed by atoms with Crippen molar-refractivity contribution in [3.8, 4) is 5.75 Å². The number of anilines is 1. The molecule has 0 bridgehead atoms. The van der Waals surface area contributed by atoms with E-state index in [4.69, 9.17) is 9.47 Å². The molecule has 1 heterocycles. The van der Waals surface area contributed by atoms with Crippen LogP contribution in [0.2, 0.25) is 0 Å². The second-order valence-electron chi connectivity index (χ2n) is 6.40. The smallest absolute Gasteiger partial charge is 0.262 e. The Morgan fingerprint density at radius 3 is 2.92 bits per heavy atom. The Kier molecular flexibility index (Phi) is 5.68. The number of hydrogen-bond donors (Lipinski definition) is 1. The third kappa shape index (κ3) is 5.05. The fraction of sp³-hybridized carbons (Fsp3) is 0.350. The van der Waals surface area contributed by atoms with Crippen LogP contribution >= 0.6 is 0 Å². The van der Waals surface area contributed by atoms with Crippen molar-refractivity contribution in [2.75, 3.05) is 38.7 Å². The van der Waals surface area contributed by atoms with Crippen molar-refractivity contribution >= 4 is 11.6 Å². The molecule has 1 unspecified atom stereocenters. The van der Waals surface area contributed by atoms with E-state index in [9.17, 15) is 4.79 Å². The van der Waals surface area contributed by atoms with E-state index in [-0.39, 0.29) is 18.6 Å². The van der Waals surface area contributed by atoms with E-state index < -0.39 is 0 Å². The lowest BCUT2D eigenvalue weighted by atomic mass is 10.1. The van der Waals surface area contributed by atoms with Crippen molar-refractivity contribution in [1.29, 1.82) is 0 Å². The predicted molar refractivity (Wildman–Crippen MR) is 97.9 cm³/mol. The monoisotopic (exact) mass is 340 g/mol. The first kappa shape index (κ1) is 17.5. The maximum Gasteiger partial charge on any atom is 0.262 e. The molecule has 1 amide bonds. The molecule has 0 spiro atoms. The van der Waals surface area contributed by atoms with Crippen LogP contribution in [0.5, 0.6) is 5.75 Å². The van der Waals surface area contributed by atoms with Gasteiger partial charge in [0.2, 0.25) is 0 Å². The number of morpholine rings is 1. The van der Waals surface area contributed by atoms with Crippen LogP contribution in [0.3, 0.4) is 0 Å². The van der Waals surface area contributed by atoms with E-state index in [1.54, 1.807) is 0 Å². The van der Waals surface area contributed by atoms with Crippen LogP contribution in [-0.2, 0) is 9.53 Å². The zero-order valence-corrected chi connectivity index (χ0v) is 14.7. The van der Waals surface area contributed by atoms with E-state index >= 15 is 0 Å². The van der Waals surface area contributed by atoms with Gasteiger partial charge in [0, 0.05) is 18.8 Å². The molecule has 1 aliphatic rings. The second-order valence-corrected chi connectivity index (χ2v) is 6.40. The molecule has 3 rings (SSSR count). The summed E-state index contributed by atoms with van der Waals surface area (Å²) < 4.78 is 11.4. The van der Waals surface area contributed by atoms with Crippen molar-refractivity contribution in [3.05, 3.63) is 59.7 Å². The van der Waals surface area contributed by atoms with Crippen molar-refractivity contribution in [1.82, 2.24) is 4.90 Å². The maximum atomic E-state index is 12.1. The molecule has 5 heteroatoms. The first-order chi connectivity index (χ1) is 12.1. The minimum absolute atomic E-state index is 0.0175. The summed E-state index contributed by atoms with van der Waals surface area (Å²) in [6.07, 6.45) is 0.0409. The largest absolute Gasteiger partial charge is 0.484 e. The molecule has 1 N–H and O–H groups in total. The minimum Gasteiger partial charge on any atom is -0.484 e. The normalized spacial score (nSPS) is 17.9. The van der Waals surface area contributed by atoms with Gasteiger partial charge in [-0.25, -0.2) is 0 Å². The van der Waals surface area contributed by atoms with Gasteiger partial charge in [0.15, 0.2) is 6.61 Å². The van der Waals surface area contributed by atoms with Crippen LogP contribution in [0, 0.1) is 6.92 Å². The number of nitrogens with zero attached hydrogens (tertiary/aromatic N) is 1. The van der Waals surface area contributed by atoms with E-state index in [1.165, 1.54) is 0 Å². The molecule has 0 aliphatic carbocycles. The van der Waals surface area contributed by atoms with Crippen LogP contribution < -0.4 is 10.1 Å². The van der Waals surface area contributed by atoms with Gasteiger partial charge in [-0.2, -0.15) is 0 Å². The quantitative estimate of drug-likeness (QED) is 0.909. The molecular weight excluding hydrogens is 316 g/mol. The number of ether oxygens (including phenoxy) is 2. The number of carbonyl (C=O) groups is 1. The van der Waals surface area contributed by atoms with Gasteiger partial charge in [0.25, 0.3) is 5.91 Å². The lowest BCUT2D eigenvalue weighted by Crippen LogP contribution is -2.35. The van der Waals surface area contributed by atoms with Crippen molar-refractivity contribution in [2.45, 2.75) is 13.0 Å². The molecule has 2 aromatic carbocycles. The highest BCUT2D eigenvalue weighted by atomic mass is 16.5. The van der Waals surface area contributed by atoms with Crippen LogP contribution in [0.25, 0.3) is 0 Å². The number of rotatable bonds is 5. The summed E-state index contributed by atoms with van der Waals surface area (Å²) in [5, 5.41) is 2.88. The van der Waals surface area contributed by atoms with Crippen molar-refractivity contribution in [2.24, 2.45) is 0 Å². The minimum atomic E-state index is -0.180. The second kappa shape index (κ2) is 8.14. The highest BCUT2D eigenvalue weighted by Crippen LogP contribution is 2.24. The zero-order chi connectivity index (χ0) is 17.6. The Balaban J connectivity index is 1.57. The van der Waals surface area contributed by atoms with Gasteiger partial charge in [-0.05, 0) is 49.4 Å². The fourth-order valence-corrected chi connectivity index (χ4v) is 2.85. The topological polar surface area (TPSA) is 50.8 Å². The molecule has 1 saturated heterocycles. The lowest BCUT2D eigenvalue weighted by molar-refractivity contribution is -0.118. The summed E-state index contributed by atoms with van der Waals surface area (Å²) in [6, 6.07) is 15.5. The Morgan fingerprint density at radius 2 is 2.12 bits per heavy atom. The Labute approximate surface area is 148 Å². The predicted octanol–water partition coefficient (Wildman–Crippen LogP) is 3.02. The SMILES string of the molecule is Cc1cccc(OCC(=O)Nc2cccc(C3CN(C)CCO3)c2)c1. The number of aryl methyl sites for hydroxylation is 1. The van der Waals surface area contributed by atoms with E-state index in [0.717, 1.165) is 36.5 Å². The number of benzene rings is 2. The maximum absolute atomic E-state index is 12.1. The first-order valence-electron chi connectivity index (χ1n) is 8.49. The Bertz CT molecular complexity index is 732. The van der Waals surface area contributed by atoms with Gasteiger partial charge in [-0.15, -0.1) is 0 Å². The third-order valence-corrected chi connectivity index (χ3v) is 4.17. The molecule has 1 aliphatic heterocycles. The standard InChI is InChI=1S/C20H24N2O3/c1-15-5-3-8-18(11-15)25-14-20(23)21-17-7-4-6-16(12-17)19-13-22(2)9-10-24-19/h3-8,11-12,19H,9-10,13-14H2,1-2H3,(H,21,23). The number of hydrogen-bond acceptors (Lipinski definition) is 4. The average Bonchev–Trinajstić information content (AvgIpc) is 2.60. The van der Waals surface area contributed by atoms with Gasteiger partial charge in [0.05, 0.1) is 12.7 Å². The van der Waals surface area contributed by atoms with Crippen LogP contribution in [0.4, 0.5) is 5.69 Å². The first-order valence-corrected chi connectivity index (χ1v) is 8.49. The molecular formula is C20H24N2O3. The summed E-state index contributed by atoms with van der Waals surface area (Å²) in [7, 11) is 2.09. The molecule has 0 aromatic heterocycles. The van der Waals surface area contributed by atoms with Gasteiger partial charge in [-0.1, -0.05) is 24.3 Å². The Morgan fingerprint density at radius 1 is 1.28 bits per heavy atom. The summed E-state index contributed by atoms with van der Waals surface area (Å²) in [5.41, 5.74) is 2.93. The van der Waals surface area contributed by atoms with Crippen molar-refractivity contribution in [3.63, 3.8) is 0 Å². The summed E-state index contributed by atoms with van der Waals surface area (Å²) in [4.78, 5) is 14.4. The molecule has 1 fully saturated rings. The van der Waals surface area contributed by atoms with E-state index in [2.05, 4.69) is 17.3 Å². The molecule has 0 radical (unpaired) electrons. The van der Waals surface area contributed by atoms with Crippen LogP contribution in [0.15, 0.2) is 48.5 Å². The Hall–Kier alpha value is -2.37. The summed E-state index contributed by atoms with van der Waals surface area (Å²) >= 11 is 0. The lowest BCUT2D eigenvalue weighted by Gasteiger charge is -2.30. The molecule has 1 atom stereocenters. The molecule has 132 valence electrons. The third-order valence-electron chi connectivity index (χ3n) is 4.17. The number of amides is 1. The van der Waals surface area contributed by atoms with E-state index in [1.807, 2.05) is 55.5 Å². The van der Waals surface area contributed by atoms with Gasteiger partial charge < -0.3 is 19.7 Å². The molecule has 5 nitrogen and oxygen atoms in total. The highest BCUT2D eigenvalue weighted by Gasteiger charge is 2.19. The van der Waals surface area contributed by atoms with Gasteiger partial charge in [-0.3, -0.25) is 4.79 Å². The summed E-state index contributed by atoms with van der Waals surface area (Å²) in [5.74, 6) is 0.517. The summed E-state index contributed by atoms with van der Waals surface area (Å²) in [6.45, 7) is 4.50. The number of nitrogens with one attached hydrogen (secondary N) is 1. The number of carbonyl (C=O) groups excluding carboxylic acids is 1. The van der Waals surface area contributed by atoms with Crippen LogP contribution in [0.1, 0.15) is 17.2 Å². The molecule has 25 heavy (non-hydrogen) atoms. The average molecular weight is 340 g/mol. The van der Waals surface area contributed by atoms with Crippen LogP contribution in [-0.4, -0.2) is 44.2 Å². The molecule has 2 aromatic rings. The molecule has 0 saturated carbocycles. The zero-order valence-electron chi connectivity index (χ0n) is 14.7. The highest BCUT2D eigenvalue weighted by molar-refractivity contribution is 5.91. The van der Waals surface area contributed by atoms with Crippen molar-refractivity contribution < 1.29 is 14.3 Å². The van der Waals surface area contributed by atoms with Gasteiger partial charge >= 0.3 is 0 Å². The fourth-order valence-electron chi connectivity index (χ4n) is 2.85. The van der Waals surface area contributed by atoms with E-state index in [0.29, 0.717) is 5.75 Å².